The predicted molar refractivity (Wildman–Crippen MR) is 373 cm³/mol. The van der Waals surface area contributed by atoms with Gasteiger partial charge in [-0.1, -0.05) is 108 Å². The third kappa shape index (κ3) is 13.8. The van der Waals surface area contributed by atoms with Gasteiger partial charge in [0.05, 0.1) is 71.9 Å². The fourth-order valence-electron chi connectivity index (χ4n) is 10.8. The van der Waals surface area contributed by atoms with Crippen LogP contribution in [0.2, 0.25) is 0 Å². The highest BCUT2D eigenvalue weighted by Crippen LogP contribution is 2.27. The normalized spacial score (nSPS) is 11.0. The van der Waals surface area contributed by atoms with Crippen molar-refractivity contribution in [2.24, 2.45) is 0 Å². The first-order chi connectivity index (χ1) is 42.5. The second-order valence-electron chi connectivity index (χ2n) is 23.3. The summed E-state index contributed by atoms with van der Waals surface area (Å²) in [6.07, 6.45) is 5.23. The molecule has 432 valence electrons. The first kappa shape index (κ1) is 59.3. The molecule has 0 bridgehead atoms. The minimum atomic E-state index is 0.969. The van der Waals surface area contributed by atoms with Gasteiger partial charge in [0.2, 0.25) is 0 Å². The lowest BCUT2D eigenvalue weighted by Crippen LogP contribution is -1.88. The van der Waals surface area contributed by atoms with E-state index in [1.807, 2.05) is 31.2 Å². The van der Waals surface area contributed by atoms with Crippen LogP contribution in [-0.2, 0) is 0 Å². The van der Waals surface area contributed by atoms with Gasteiger partial charge in [0.25, 0.3) is 0 Å². The maximum absolute atomic E-state index is 4.74. The Balaban J connectivity index is 0.000000110. The third-order valence-corrected chi connectivity index (χ3v) is 16.1. The molecule has 88 heavy (non-hydrogen) atoms. The molecule has 0 N–H and O–H groups in total. The third-order valence-electron chi connectivity index (χ3n) is 16.1. The molecule has 0 spiro atoms. The van der Waals surface area contributed by atoms with Gasteiger partial charge in [-0.05, 0) is 237 Å². The van der Waals surface area contributed by atoms with Crippen LogP contribution in [0.1, 0.15) is 66.9 Å². The van der Waals surface area contributed by atoms with E-state index in [1.54, 1.807) is 18.6 Å². The molecule has 6 heterocycles. The molecule has 8 heteroatoms. The second-order valence-corrected chi connectivity index (χ2v) is 23.3. The first-order valence-corrected chi connectivity index (χ1v) is 29.9. The SMILES string of the molecule is Cc1cc2cc3ccccc3nc2cc1C.Cc1cc2nccnc2cc1C.Cc1ccc(C)c2nc3ccccc3cc12.Cc1ccc2nc3cc(C)ccc3cc2c1.Cc1ccc2nc3ccc(C)cc3cc2c1.Cc1cnc2cccc(C)c2n1. The highest BCUT2D eigenvalue weighted by Gasteiger charge is 2.07. The number of hydrogen-bond donors (Lipinski definition) is 0. The number of nitrogens with zero attached hydrogens (tertiary/aromatic N) is 8. The number of rotatable bonds is 0. The smallest absolute Gasteiger partial charge is 0.0919 e. The molecule has 0 atom stereocenters. The topological polar surface area (TPSA) is 103 Å². The highest BCUT2D eigenvalue weighted by atomic mass is 14.8. The number of pyridine rings is 4. The van der Waals surface area contributed by atoms with Gasteiger partial charge in [-0.2, -0.15) is 0 Å². The van der Waals surface area contributed by atoms with Gasteiger partial charge < -0.3 is 0 Å². The average Bonchev–Trinajstić information content (AvgIpc) is 3.54. The Morgan fingerprint density at radius 2 is 0.625 bits per heavy atom. The molecule has 0 aliphatic heterocycles. The number of para-hydroxylation sites is 3. The van der Waals surface area contributed by atoms with E-state index in [0.29, 0.717) is 0 Å². The van der Waals surface area contributed by atoms with E-state index in [1.165, 1.54) is 104 Å². The summed E-state index contributed by atoms with van der Waals surface area (Å²) in [6.45, 7) is 25.1. The van der Waals surface area contributed by atoms with E-state index < -0.39 is 0 Å². The van der Waals surface area contributed by atoms with Crippen LogP contribution in [0.25, 0.3) is 109 Å². The van der Waals surface area contributed by atoms with Crippen molar-refractivity contribution in [2.75, 3.05) is 0 Å². The molecule has 0 aliphatic rings. The summed E-state index contributed by atoms with van der Waals surface area (Å²) < 4.78 is 0. The van der Waals surface area contributed by atoms with Gasteiger partial charge >= 0.3 is 0 Å². The lowest BCUT2D eigenvalue weighted by atomic mass is 10.0. The van der Waals surface area contributed by atoms with Crippen LogP contribution in [0, 0.1) is 83.1 Å². The molecule has 10 aromatic carbocycles. The van der Waals surface area contributed by atoms with Gasteiger partial charge in [-0.25, -0.2) is 24.9 Å². The van der Waals surface area contributed by atoms with Crippen molar-refractivity contribution in [1.29, 1.82) is 0 Å². The lowest BCUT2D eigenvalue weighted by molar-refractivity contribution is 1.17. The predicted octanol–water partition coefficient (Wildman–Crippen LogP) is 20.5. The molecule has 0 amide bonds. The summed E-state index contributed by atoms with van der Waals surface area (Å²) in [6, 6.07) is 69.8. The second kappa shape index (κ2) is 26.0. The van der Waals surface area contributed by atoms with Crippen molar-refractivity contribution in [1.82, 2.24) is 39.9 Å². The summed E-state index contributed by atoms with van der Waals surface area (Å²) in [7, 11) is 0. The number of aromatic nitrogens is 8. The van der Waals surface area contributed by atoms with Gasteiger partial charge in [0.1, 0.15) is 0 Å². The summed E-state index contributed by atoms with van der Waals surface area (Å²) in [5, 5.41) is 9.78. The fraction of sp³-hybridized carbons (Fsp3) is 0.150. The Kier molecular flexibility index (Phi) is 17.5. The van der Waals surface area contributed by atoms with Crippen LogP contribution in [-0.4, -0.2) is 39.9 Å². The van der Waals surface area contributed by atoms with Gasteiger partial charge in [-0.3, -0.25) is 15.0 Å². The monoisotopic (exact) mass is 1140 g/mol. The van der Waals surface area contributed by atoms with E-state index in [9.17, 15) is 0 Å². The zero-order valence-electron chi connectivity index (χ0n) is 52.4. The Labute approximate surface area is 515 Å². The number of hydrogen-bond acceptors (Lipinski definition) is 8. The Morgan fingerprint density at radius 1 is 0.216 bits per heavy atom. The zero-order chi connectivity index (χ0) is 61.6. The molecule has 0 fully saturated rings. The van der Waals surface area contributed by atoms with E-state index in [4.69, 9.17) is 4.98 Å². The van der Waals surface area contributed by atoms with Gasteiger partial charge in [0, 0.05) is 61.7 Å². The quantitative estimate of drug-likeness (QED) is 0.138. The van der Waals surface area contributed by atoms with E-state index in [-0.39, 0.29) is 0 Å². The molecule has 0 aliphatic carbocycles. The first-order valence-electron chi connectivity index (χ1n) is 29.9. The lowest BCUT2D eigenvalue weighted by Gasteiger charge is -2.06. The maximum Gasteiger partial charge on any atom is 0.0919 e. The van der Waals surface area contributed by atoms with Crippen molar-refractivity contribution in [3.05, 3.63) is 286 Å². The van der Waals surface area contributed by atoms with E-state index in [2.05, 4.69) is 287 Å². The minimum absolute atomic E-state index is 0.969. The summed E-state index contributed by atoms with van der Waals surface area (Å²) in [4.78, 5) is 35.9. The largest absolute Gasteiger partial charge is 0.253 e. The minimum Gasteiger partial charge on any atom is -0.253 e. The van der Waals surface area contributed by atoms with Crippen molar-refractivity contribution in [3.8, 4) is 0 Å². The number of benzene rings is 10. The van der Waals surface area contributed by atoms with E-state index in [0.717, 1.165) is 71.9 Å². The maximum atomic E-state index is 4.74. The zero-order valence-corrected chi connectivity index (χ0v) is 52.4. The molecule has 0 radical (unpaired) electrons. The van der Waals surface area contributed by atoms with Gasteiger partial charge in [0.15, 0.2) is 0 Å². The van der Waals surface area contributed by atoms with Crippen molar-refractivity contribution >= 4 is 109 Å². The molecular formula is C80H72N8. The average molecular weight is 1150 g/mol. The molecule has 0 saturated heterocycles. The number of aryl methyl sites for hydroxylation is 12. The highest BCUT2D eigenvalue weighted by molar-refractivity contribution is 5.97. The Morgan fingerprint density at radius 3 is 1.22 bits per heavy atom. The Bertz CT molecular complexity index is 4980. The van der Waals surface area contributed by atoms with Crippen LogP contribution < -0.4 is 0 Å². The van der Waals surface area contributed by atoms with Crippen LogP contribution in [0.4, 0.5) is 0 Å². The molecule has 8 nitrogen and oxygen atoms in total. The summed E-state index contributed by atoms with van der Waals surface area (Å²) >= 11 is 0. The Hall–Kier alpha value is -10.4. The van der Waals surface area contributed by atoms with Crippen molar-refractivity contribution in [3.63, 3.8) is 0 Å². The van der Waals surface area contributed by atoms with Crippen LogP contribution in [0.3, 0.4) is 0 Å². The van der Waals surface area contributed by atoms with E-state index >= 15 is 0 Å². The summed E-state index contributed by atoms with van der Waals surface area (Å²) in [5.74, 6) is 0. The molecule has 0 saturated carbocycles. The van der Waals surface area contributed by atoms with Crippen molar-refractivity contribution in [2.45, 2.75) is 83.1 Å². The molecule has 16 aromatic rings. The molecule has 0 unspecified atom stereocenters. The standard InChI is InChI=1S/4C15H13N.2C10H10N2/c1-10-4-6-14-13(7-10)9-12-5-3-11(2)8-15(12)16-14;1-10-3-5-14-12(7-10)9-13-8-11(2)4-6-15(13)16-14;1-10-7-13-9-12-5-3-4-6-14(12)16-15(13)8-11(10)2;1-10-7-8-11(2)15-13(10)9-12-5-3-4-6-14(12)16-15;1-7-5-9-10(6-8(7)2)12-4-3-11-9;1-7-4-3-5-9-10(7)12-8(2)6-11-9/h4*3-9H,1-2H3;2*3-6H,1-2H3. The van der Waals surface area contributed by atoms with Crippen LogP contribution in [0.5, 0.6) is 0 Å². The molecule has 16 rings (SSSR count). The number of fused-ring (bicyclic) bond motifs is 10. The fourth-order valence-corrected chi connectivity index (χ4v) is 10.8. The van der Waals surface area contributed by atoms with Gasteiger partial charge in [-0.15, -0.1) is 0 Å². The van der Waals surface area contributed by atoms with Crippen LogP contribution in [0.15, 0.2) is 219 Å². The summed E-state index contributed by atoms with van der Waals surface area (Å²) in [5.41, 5.74) is 27.5. The molecular weight excluding hydrogens is 1070 g/mol. The van der Waals surface area contributed by atoms with Crippen LogP contribution >= 0.6 is 0 Å². The molecule has 6 aromatic heterocycles. The van der Waals surface area contributed by atoms with Crippen molar-refractivity contribution < 1.29 is 0 Å².